The first-order valence-electron chi connectivity index (χ1n) is 6.39. The van der Waals surface area contributed by atoms with Gasteiger partial charge in [0.25, 0.3) is 0 Å². The van der Waals surface area contributed by atoms with Gasteiger partial charge in [0, 0.05) is 18.4 Å². The van der Waals surface area contributed by atoms with Gasteiger partial charge in [0.15, 0.2) is 11.5 Å². The molecule has 1 N–H and O–H groups in total. The highest BCUT2D eigenvalue weighted by atomic mass is 16.5. The predicted molar refractivity (Wildman–Crippen MR) is 66.9 cm³/mol. The van der Waals surface area contributed by atoms with E-state index in [9.17, 15) is 0 Å². The fraction of sp³-hybridized carbons (Fsp3) is 0.571. The van der Waals surface area contributed by atoms with Crippen molar-refractivity contribution in [1.29, 1.82) is 0 Å². The Kier molecular flexibility index (Phi) is 2.71. The summed E-state index contributed by atoms with van der Waals surface area (Å²) >= 11 is 0. The minimum absolute atomic E-state index is 0.241. The summed E-state index contributed by atoms with van der Waals surface area (Å²) in [7, 11) is 0. The van der Waals surface area contributed by atoms with E-state index in [0.717, 1.165) is 44.2 Å². The van der Waals surface area contributed by atoms with E-state index in [2.05, 4.69) is 30.4 Å². The fourth-order valence-corrected chi connectivity index (χ4v) is 2.60. The molecule has 3 nitrogen and oxygen atoms in total. The van der Waals surface area contributed by atoms with Crippen molar-refractivity contribution < 1.29 is 9.47 Å². The van der Waals surface area contributed by atoms with E-state index in [0.29, 0.717) is 0 Å². The first kappa shape index (κ1) is 10.9. The molecule has 92 valence electrons. The number of nitrogens with one attached hydrogen (secondary N) is 1. The van der Waals surface area contributed by atoms with Gasteiger partial charge in [-0.25, -0.2) is 0 Å². The maximum absolute atomic E-state index is 5.75. The lowest BCUT2D eigenvalue weighted by Crippen LogP contribution is -2.24. The van der Waals surface area contributed by atoms with Gasteiger partial charge in [-0.1, -0.05) is 13.0 Å². The first-order valence-corrected chi connectivity index (χ1v) is 6.39. The summed E-state index contributed by atoms with van der Waals surface area (Å²) in [6.07, 6.45) is 2.15. The van der Waals surface area contributed by atoms with Crippen LogP contribution in [0.3, 0.4) is 0 Å². The van der Waals surface area contributed by atoms with E-state index in [1.165, 1.54) is 12.0 Å². The molecule has 3 heteroatoms. The smallest absolute Gasteiger partial charge is 0.161 e. The van der Waals surface area contributed by atoms with Gasteiger partial charge in [0.2, 0.25) is 0 Å². The highest BCUT2D eigenvalue weighted by Gasteiger charge is 2.31. The zero-order valence-electron chi connectivity index (χ0n) is 10.3. The van der Waals surface area contributed by atoms with Gasteiger partial charge in [-0.2, -0.15) is 0 Å². The van der Waals surface area contributed by atoms with Crippen LogP contribution < -0.4 is 14.8 Å². The molecule has 2 heterocycles. The molecule has 0 radical (unpaired) electrons. The van der Waals surface area contributed by atoms with E-state index in [4.69, 9.17) is 9.47 Å². The van der Waals surface area contributed by atoms with Crippen molar-refractivity contribution in [2.45, 2.75) is 25.2 Å². The normalized spacial score (nSPS) is 27.8. The van der Waals surface area contributed by atoms with Crippen LogP contribution in [-0.4, -0.2) is 26.3 Å². The molecule has 0 amide bonds. The third-order valence-electron chi connectivity index (χ3n) is 3.81. The second-order valence-corrected chi connectivity index (χ2v) is 5.20. The van der Waals surface area contributed by atoms with E-state index in [1.54, 1.807) is 0 Å². The third-order valence-corrected chi connectivity index (χ3v) is 3.81. The van der Waals surface area contributed by atoms with Crippen molar-refractivity contribution in [2.75, 3.05) is 26.3 Å². The fourth-order valence-electron chi connectivity index (χ4n) is 2.60. The summed E-state index contributed by atoms with van der Waals surface area (Å²) in [5, 5.41) is 3.43. The molecule has 1 fully saturated rings. The molecular formula is C14H19NO2. The van der Waals surface area contributed by atoms with Crippen LogP contribution in [0.1, 0.15) is 25.3 Å². The van der Waals surface area contributed by atoms with Gasteiger partial charge in [-0.05, 0) is 30.7 Å². The highest BCUT2D eigenvalue weighted by molar-refractivity contribution is 5.46. The standard InChI is InChI=1S/C14H19NO2/c1-14(5-6-15-10-14)11-3-4-12-13(9-11)17-8-2-7-16-12/h3-4,9,15H,2,5-8,10H2,1H3. The summed E-state index contributed by atoms with van der Waals surface area (Å²) in [5.41, 5.74) is 1.59. The Balaban J connectivity index is 1.94. The molecule has 2 aliphatic heterocycles. The summed E-state index contributed by atoms with van der Waals surface area (Å²) in [6, 6.07) is 6.40. The maximum atomic E-state index is 5.75. The highest BCUT2D eigenvalue weighted by Crippen LogP contribution is 2.37. The van der Waals surface area contributed by atoms with Gasteiger partial charge in [-0.3, -0.25) is 0 Å². The zero-order chi connectivity index (χ0) is 11.7. The van der Waals surface area contributed by atoms with Crippen LogP contribution in [0.5, 0.6) is 11.5 Å². The van der Waals surface area contributed by atoms with Gasteiger partial charge >= 0.3 is 0 Å². The summed E-state index contributed by atoms with van der Waals surface area (Å²) in [6.45, 7) is 5.97. The Morgan fingerprint density at radius 3 is 2.76 bits per heavy atom. The Hall–Kier alpha value is -1.22. The molecule has 0 bridgehead atoms. The third kappa shape index (κ3) is 2.00. The molecule has 0 aromatic heterocycles. The topological polar surface area (TPSA) is 30.5 Å². The van der Waals surface area contributed by atoms with Crippen molar-refractivity contribution in [3.8, 4) is 11.5 Å². The van der Waals surface area contributed by atoms with Gasteiger partial charge in [0.1, 0.15) is 0 Å². The minimum Gasteiger partial charge on any atom is -0.490 e. The number of benzene rings is 1. The zero-order valence-corrected chi connectivity index (χ0v) is 10.3. The molecule has 1 aromatic carbocycles. The Morgan fingerprint density at radius 2 is 2.00 bits per heavy atom. The van der Waals surface area contributed by atoms with Crippen molar-refractivity contribution in [1.82, 2.24) is 5.32 Å². The SMILES string of the molecule is CC1(c2ccc3c(c2)OCCCO3)CCNC1. The van der Waals surface area contributed by atoms with Crippen LogP contribution in [0.2, 0.25) is 0 Å². The van der Waals surface area contributed by atoms with Crippen LogP contribution in [-0.2, 0) is 5.41 Å². The average Bonchev–Trinajstić information content (AvgIpc) is 2.65. The second-order valence-electron chi connectivity index (χ2n) is 5.20. The predicted octanol–water partition coefficient (Wildman–Crippen LogP) is 2.10. The number of hydrogen-bond donors (Lipinski definition) is 1. The maximum Gasteiger partial charge on any atom is 0.161 e. The Labute approximate surface area is 102 Å². The quantitative estimate of drug-likeness (QED) is 0.805. The lowest BCUT2D eigenvalue weighted by molar-refractivity contribution is 0.297. The largest absolute Gasteiger partial charge is 0.490 e. The minimum atomic E-state index is 0.241. The molecular weight excluding hydrogens is 214 g/mol. The number of rotatable bonds is 1. The molecule has 1 aromatic rings. The monoisotopic (exact) mass is 233 g/mol. The van der Waals surface area contributed by atoms with Gasteiger partial charge in [0.05, 0.1) is 13.2 Å². The Bertz CT molecular complexity index is 411. The molecule has 0 aliphatic carbocycles. The summed E-state index contributed by atoms with van der Waals surface area (Å²) < 4.78 is 11.4. The lowest BCUT2D eigenvalue weighted by Gasteiger charge is -2.24. The molecule has 1 saturated heterocycles. The number of hydrogen-bond acceptors (Lipinski definition) is 3. The number of ether oxygens (including phenoxy) is 2. The van der Waals surface area contributed by atoms with Crippen molar-refractivity contribution in [2.24, 2.45) is 0 Å². The average molecular weight is 233 g/mol. The van der Waals surface area contributed by atoms with Crippen LogP contribution in [0.15, 0.2) is 18.2 Å². The van der Waals surface area contributed by atoms with Gasteiger partial charge < -0.3 is 14.8 Å². The van der Waals surface area contributed by atoms with Gasteiger partial charge in [-0.15, -0.1) is 0 Å². The Morgan fingerprint density at radius 1 is 1.18 bits per heavy atom. The second kappa shape index (κ2) is 4.22. The first-order chi connectivity index (χ1) is 8.28. The molecule has 17 heavy (non-hydrogen) atoms. The molecule has 3 rings (SSSR count). The summed E-state index contributed by atoms with van der Waals surface area (Å²) in [5.74, 6) is 1.80. The molecule has 0 saturated carbocycles. The lowest BCUT2D eigenvalue weighted by atomic mass is 9.82. The molecule has 0 spiro atoms. The molecule has 2 aliphatic rings. The van der Waals surface area contributed by atoms with Crippen LogP contribution in [0.25, 0.3) is 0 Å². The number of fused-ring (bicyclic) bond motifs is 1. The summed E-state index contributed by atoms with van der Waals surface area (Å²) in [4.78, 5) is 0. The van der Waals surface area contributed by atoms with Crippen molar-refractivity contribution in [3.05, 3.63) is 23.8 Å². The van der Waals surface area contributed by atoms with E-state index >= 15 is 0 Å². The van der Waals surface area contributed by atoms with Crippen molar-refractivity contribution >= 4 is 0 Å². The molecule has 1 atom stereocenters. The van der Waals surface area contributed by atoms with E-state index in [1.807, 2.05) is 0 Å². The van der Waals surface area contributed by atoms with E-state index in [-0.39, 0.29) is 5.41 Å². The van der Waals surface area contributed by atoms with Crippen LogP contribution in [0, 0.1) is 0 Å². The van der Waals surface area contributed by atoms with E-state index < -0.39 is 0 Å². The van der Waals surface area contributed by atoms with Crippen LogP contribution in [0.4, 0.5) is 0 Å². The van der Waals surface area contributed by atoms with Crippen LogP contribution >= 0.6 is 0 Å². The molecule has 1 unspecified atom stereocenters. The van der Waals surface area contributed by atoms with Crippen molar-refractivity contribution in [3.63, 3.8) is 0 Å².